The molecule has 1 unspecified atom stereocenters. The van der Waals surface area contributed by atoms with E-state index in [0.717, 1.165) is 11.1 Å². The second-order valence-corrected chi connectivity index (χ2v) is 10.2. The Kier molecular flexibility index (Phi) is 5.67. The van der Waals surface area contributed by atoms with Crippen molar-refractivity contribution in [3.05, 3.63) is 102 Å². The van der Waals surface area contributed by atoms with Gasteiger partial charge in [0, 0.05) is 11.5 Å². The van der Waals surface area contributed by atoms with E-state index in [1.807, 2.05) is 43.3 Å². The van der Waals surface area contributed by atoms with Gasteiger partial charge >= 0.3 is 0 Å². The lowest BCUT2D eigenvalue weighted by atomic mass is 10.0. The summed E-state index contributed by atoms with van der Waals surface area (Å²) in [6, 6.07) is 21.8. The minimum atomic E-state index is -3.92. The van der Waals surface area contributed by atoms with Crippen molar-refractivity contribution in [3.63, 3.8) is 0 Å². The Morgan fingerprint density at radius 2 is 1.76 bits per heavy atom. The van der Waals surface area contributed by atoms with Gasteiger partial charge in [-0.3, -0.25) is 4.31 Å². The highest BCUT2D eigenvalue weighted by Gasteiger charge is 2.36. The summed E-state index contributed by atoms with van der Waals surface area (Å²) in [7, 11) is -2.34. The second-order valence-electron chi connectivity index (χ2n) is 8.35. The van der Waals surface area contributed by atoms with Gasteiger partial charge in [0.25, 0.3) is 10.0 Å². The highest BCUT2D eigenvalue weighted by atomic mass is 32.2. The predicted molar refractivity (Wildman–Crippen MR) is 132 cm³/mol. The third-order valence-electron chi connectivity index (χ3n) is 5.92. The van der Waals surface area contributed by atoms with Gasteiger partial charge in [0.15, 0.2) is 5.76 Å². The Morgan fingerprint density at radius 3 is 2.47 bits per heavy atom. The molecule has 0 fully saturated rings. The minimum absolute atomic E-state index is 0.0748. The Balaban J connectivity index is 1.79. The van der Waals surface area contributed by atoms with Gasteiger partial charge in [-0.1, -0.05) is 54.6 Å². The fraction of sp³-hybridized carbons (Fsp3) is 0.185. The van der Waals surface area contributed by atoms with Gasteiger partial charge in [0.2, 0.25) is 0 Å². The van der Waals surface area contributed by atoms with Crippen molar-refractivity contribution in [2.75, 3.05) is 24.6 Å². The Labute approximate surface area is 199 Å². The largest absolute Gasteiger partial charge is 0.497 e. The maximum atomic E-state index is 14.0. The van der Waals surface area contributed by atoms with E-state index < -0.39 is 16.1 Å². The lowest BCUT2D eigenvalue weighted by molar-refractivity contribution is 0.0821. The molecule has 2 heterocycles. The van der Waals surface area contributed by atoms with Crippen LogP contribution in [0.5, 0.6) is 5.75 Å². The molecule has 0 saturated heterocycles. The van der Waals surface area contributed by atoms with Crippen molar-refractivity contribution in [3.8, 4) is 5.75 Å². The van der Waals surface area contributed by atoms with Crippen LogP contribution in [0.1, 0.15) is 23.0 Å². The first-order valence-electron chi connectivity index (χ1n) is 10.9. The predicted octanol–water partition coefficient (Wildman–Crippen LogP) is 5.62. The van der Waals surface area contributed by atoms with E-state index in [-0.39, 0.29) is 18.0 Å². The van der Waals surface area contributed by atoms with Crippen LogP contribution >= 0.6 is 0 Å². The number of aryl methyl sites for hydroxylation is 1. The van der Waals surface area contributed by atoms with E-state index in [1.165, 1.54) is 4.31 Å². The molecule has 0 spiro atoms. The SMILES string of the molecule is C=C1COC(c2ccccc2)c2oc3cc(OC)ccc3c2N(S(=O)(=O)c2ccc(C)cc2)C1. The van der Waals surface area contributed by atoms with E-state index in [4.69, 9.17) is 13.9 Å². The Bertz CT molecular complexity index is 1460. The standard InChI is InChI=1S/C27H25NO5S/c1-18-9-12-22(13-10-18)34(29,30)28-16-19(2)17-32-26(20-7-5-4-6-8-20)27-25(28)23-14-11-21(31-3)15-24(23)33-27/h4-15,26H,2,16-17H2,1,3H3. The van der Waals surface area contributed by atoms with E-state index in [1.54, 1.807) is 43.5 Å². The summed E-state index contributed by atoms with van der Waals surface area (Å²) >= 11 is 0. The molecule has 0 saturated carbocycles. The molecule has 6 nitrogen and oxygen atoms in total. The van der Waals surface area contributed by atoms with E-state index in [0.29, 0.717) is 33.7 Å². The Hall–Kier alpha value is -3.55. The smallest absolute Gasteiger partial charge is 0.264 e. The number of sulfonamides is 1. The van der Waals surface area contributed by atoms with E-state index >= 15 is 0 Å². The topological polar surface area (TPSA) is 69.0 Å². The van der Waals surface area contributed by atoms with Crippen LogP contribution in [0, 0.1) is 6.92 Å². The van der Waals surface area contributed by atoms with Gasteiger partial charge in [0.1, 0.15) is 23.1 Å². The zero-order chi connectivity index (χ0) is 23.9. The number of ether oxygens (including phenoxy) is 2. The summed E-state index contributed by atoms with van der Waals surface area (Å²) in [6.07, 6.45) is -0.609. The monoisotopic (exact) mass is 475 g/mol. The molecule has 0 aliphatic carbocycles. The highest BCUT2D eigenvalue weighted by molar-refractivity contribution is 7.92. The van der Waals surface area contributed by atoms with Crippen LogP contribution in [0.4, 0.5) is 5.69 Å². The molecule has 174 valence electrons. The average Bonchev–Trinajstić information content (AvgIpc) is 3.19. The number of methoxy groups -OCH3 is 1. The molecule has 3 aromatic carbocycles. The molecule has 0 radical (unpaired) electrons. The molecule has 1 aromatic heterocycles. The first-order chi connectivity index (χ1) is 16.4. The molecule has 1 aliphatic heterocycles. The third kappa shape index (κ3) is 3.87. The molecule has 0 N–H and O–H groups in total. The van der Waals surface area contributed by atoms with E-state index in [9.17, 15) is 8.42 Å². The van der Waals surface area contributed by atoms with Gasteiger partial charge in [-0.05, 0) is 42.3 Å². The van der Waals surface area contributed by atoms with Crippen molar-refractivity contribution in [1.29, 1.82) is 0 Å². The van der Waals surface area contributed by atoms with Crippen molar-refractivity contribution in [2.24, 2.45) is 0 Å². The van der Waals surface area contributed by atoms with Crippen LogP contribution < -0.4 is 9.04 Å². The number of anilines is 1. The first-order valence-corrected chi connectivity index (χ1v) is 12.4. The molecule has 4 aromatic rings. The fourth-order valence-electron chi connectivity index (χ4n) is 4.17. The van der Waals surface area contributed by atoms with Crippen LogP contribution in [-0.2, 0) is 14.8 Å². The molecule has 34 heavy (non-hydrogen) atoms. The third-order valence-corrected chi connectivity index (χ3v) is 7.68. The van der Waals surface area contributed by atoms with Gasteiger partial charge in [0.05, 0.1) is 25.2 Å². The number of fused-ring (bicyclic) bond motifs is 3. The van der Waals surface area contributed by atoms with Crippen molar-refractivity contribution < 1.29 is 22.3 Å². The molecule has 7 heteroatoms. The zero-order valence-electron chi connectivity index (χ0n) is 19.0. The van der Waals surface area contributed by atoms with Crippen molar-refractivity contribution >= 4 is 26.7 Å². The second kappa shape index (κ2) is 8.66. The number of hydrogen-bond donors (Lipinski definition) is 0. The molecule has 0 amide bonds. The molecule has 1 aliphatic rings. The van der Waals surface area contributed by atoms with Gasteiger partial charge in [-0.25, -0.2) is 8.42 Å². The summed E-state index contributed by atoms with van der Waals surface area (Å²) in [6.45, 7) is 6.29. The highest BCUT2D eigenvalue weighted by Crippen LogP contribution is 2.45. The summed E-state index contributed by atoms with van der Waals surface area (Å²) in [4.78, 5) is 0.206. The lowest BCUT2D eigenvalue weighted by Crippen LogP contribution is -2.35. The minimum Gasteiger partial charge on any atom is -0.497 e. The lowest BCUT2D eigenvalue weighted by Gasteiger charge is -2.30. The number of nitrogens with zero attached hydrogens (tertiary/aromatic N) is 1. The number of hydrogen-bond acceptors (Lipinski definition) is 5. The molecular weight excluding hydrogens is 450 g/mol. The molecule has 5 rings (SSSR count). The van der Waals surface area contributed by atoms with Gasteiger partial charge < -0.3 is 13.9 Å². The Morgan fingerprint density at radius 1 is 1.03 bits per heavy atom. The van der Waals surface area contributed by atoms with Gasteiger partial charge in [-0.2, -0.15) is 0 Å². The van der Waals surface area contributed by atoms with Crippen LogP contribution in [-0.4, -0.2) is 28.7 Å². The maximum Gasteiger partial charge on any atom is 0.264 e. The van der Waals surface area contributed by atoms with Crippen molar-refractivity contribution in [2.45, 2.75) is 17.9 Å². The number of benzene rings is 3. The maximum absolute atomic E-state index is 14.0. The van der Waals surface area contributed by atoms with Crippen LogP contribution in [0.3, 0.4) is 0 Å². The van der Waals surface area contributed by atoms with Crippen molar-refractivity contribution in [1.82, 2.24) is 0 Å². The quantitative estimate of drug-likeness (QED) is 0.358. The van der Waals surface area contributed by atoms with Crippen LogP contribution in [0.2, 0.25) is 0 Å². The van der Waals surface area contributed by atoms with Crippen LogP contribution in [0.15, 0.2) is 94.3 Å². The molecule has 0 bridgehead atoms. The molecular formula is C27H25NO5S. The molecule has 1 atom stereocenters. The number of rotatable bonds is 4. The summed E-state index contributed by atoms with van der Waals surface area (Å²) < 4.78 is 47.2. The van der Waals surface area contributed by atoms with Gasteiger partial charge in [-0.15, -0.1) is 0 Å². The summed E-state index contributed by atoms with van der Waals surface area (Å²) in [5, 5.41) is 0.658. The fourth-order valence-corrected chi connectivity index (χ4v) is 5.68. The normalized spacial score (nSPS) is 16.7. The summed E-state index contributed by atoms with van der Waals surface area (Å²) in [5.41, 5.74) is 3.45. The van der Waals surface area contributed by atoms with E-state index in [2.05, 4.69) is 6.58 Å². The first kappa shape index (κ1) is 22.3. The summed E-state index contributed by atoms with van der Waals surface area (Å²) in [5.74, 6) is 1.04. The average molecular weight is 476 g/mol. The van der Waals surface area contributed by atoms with Crippen LogP contribution in [0.25, 0.3) is 11.0 Å². The zero-order valence-corrected chi connectivity index (χ0v) is 19.8. The number of furan rings is 1.